The van der Waals surface area contributed by atoms with Crippen molar-refractivity contribution in [1.29, 1.82) is 0 Å². The van der Waals surface area contributed by atoms with Crippen LogP contribution in [0.2, 0.25) is 0 Å². The number of hydrogen-bond donors (Lipinski definition) is 1. The van der Waals surface area contributed by atoms with Crippen molar-refractivity contribution in [3.8, 4) is 0 Å². The molecule has 1 amide bonds. The highest BCUT2D eigenvalue weighted by Gasteiger charge is 2.15. The van der Waals surface area contributed by atoms with Gasteiger partial charge in [-0.05, 0) is 12.1 Å². The first-order valence-corrected chi connectivity index (χ1v) is 6.89. The Morgan fingerprint density at radius 2 is 2.09 bits per heavy atom. The SMILES string of the molecule is Cn1c(=O)c2c(ncn2CC(=O)NCc2ccco2)n(C)c1=O. The van der Waals surface area contributed by atoms with Crippen LogP contribution in [0.25, 0.3) is 11.2 Å². The molecule has 0 radical (unpaired) electrons. The third-order valence-corrected chi connectivity index (χ3v) is 3.57. The Kier molecular flexibility index (Phi) is 3.61. The Morgan fingerprint density at radius 1 is 1.30 bits per heavy atom. The molecule has 3 aromatic rings. The minimum Gasteiger partial charge on any atom is -0.467 e. The van der Waals surface area contributed by atoms with Gasteiger partial charge in [-0.15, -0.1) is 0 Å². The average Bonchev–Trinajstić information content (AvgIpc) is 3.18. The third-order valence-electron chi connectivity index (χ3n) is 3.57. The normalized spacial score (nSPS) is 11.0. The second-order valence-corrected chi connectivity index (χ2v) is 5.11. The lowest BCUT2D eigenvalue weighted by atomic mass is 10.4. The van der Waals surface area contributed by atoms with Gasteiger partial charge in [-0.3, -0.25) is 18.7 Å². The zero-order valence-corrected chi connectivity index (χ0v) is 12.6. The molecule has 0 aliphatic rings. The maximum Gasteiger partial charge on any atom is 0.332 e. The summed E-state index contributed by atoms with van der Waals surface area (Å²) in [5.74, 6) is 0.337. The molecule has 0 atom stereocenters. The van der Waals surface area contributed by atoms with Gasteiger partial charge in [-0.25, -0.2) is 9.78 Å². The van der Waals surface area contributed by atoms with Crippen molar-refractivity contribution in [3.63, 3.8) is 0 Å². The van der Waals surface area contributed by atoms with E-state index in [4.69, 9.17) is 4.42 Å². The number of amides is 1. The highest BCUT2D eigenvalue weighted by atomic mass is 16.3. The van der Waals surface area contributed by atoms with Crippen molar-refractivity contribution < 1.29 is 9.21 Å². The van der Waals surface area contributed by atoms with Gasteiger partial charge in [-0.2, -0.15) is 0 Å². The molecule has 0 unspecified atom stereocenters. The average molecular weight is 317 g/mol. The number of nitrogens with zero attached hydrogens (tertiary/aromatic N) is 4. The molecular formula is C14H15N5O4. The standard InChI is InChI=1S/C14H15N5O4/c1-17-12-11(13(21)18(2)14(17)22)19(8-16-12)7-10(20)15-6-9-4-3-5-23-9/h3-5,8H,6-7H2,1-2H3,(H,15,20). The zero-order valence-electron chi connectivity index (χ0n) is 12.6. The number of imidazole rings is 1. The van der Waals surface area contributed by atoms with Gasteiger partial charge in [0, 0.05) is 14.1 Å². The van der Waals surface area contributed by atoms with E-state index < -0.39 is 11.2 Å². The number of carbonyl (C=O) groups is 1. The van der Waals surface area contributed by atoms with Gasteiger partial charge in [0.25, 0.3) is 5.56 Å². The van der Waals surface area contributed by atoms with Gasteiger partial charge < -0.3 is 14.3 Å². The topological polar surface area (TPSA) is 104 Å². The smallest absolute Gasteiger partial charge is 0.332 e. The quantitative estimate of drug-likeness (QED) is 0.688. The van der Waals surface area contributed by atoms with Crippen LogP contribution in [-0.4, -0.2) is 24.6 Å². The molecule has 0 aliphatic heterocycles. The predicted octanol–water partition coefficient (Wildman–Crippen LogP) is -0.657. The van der Waals surface area contributed by atoms with Gasteiger partial charge in [0.05, 0.1) is 19.1 Å². The van der Waals surface area contributed by atoms with Crippen LogP contribution in [0.3, 0.4) is 0 Å². The molecule has 0 aromatic carbocycles. The third kappa shape index (κ3) is 2.56. The highest BCUT2D eigenvalue weighted by Crippen LogP contribution is 2.05. The molecule has 0 saturated carbocycles. The first kappa shape index (κ1) is 14.8. The lowest BCUT2D eigenvalue weighted by Crippen LogP contribution is -2.38. The van der Waals surface area contributed by atoms with Crippen molar-refractivity contribution in [2.24, 2.45) is 14.1 Å². The Labute approximate surface area is 129 Å². The van der Waals surface area contributed by atoms with E-state index in [-0.39, 0.29) is 30.2 Å². The lowest BCUT2D eigenvalue weighted by molar-refractivity contribution is -0.121. The first-order chi connectivity index (χ1) is 11.0. The van der Waals surface area contributed by atoms with Crippen molar-refractivity contribution in [2.75, 3.05) is 0 Å². The van der Waals surface area contributed by atoms with Gasteiger partial charge >= 0.3 is 5.69 Å². The fraction of sp³-hybridized carbons (Fsp3) is 0.286. The van der Waals surface area contributed by atoms with Crippen molar-refractivity contribution in [1.82, 2.24) is 24.0 Å². The first-order valence-electron chi connectivity index (χ1n) is 6.89. The summed E-state index contributed by atoms with van der Waals surface area (Å²) >= 11 is 0. The van der Waals surface area contributed by atoms with E-state index in [1.54, 1.807) is 12.1 Å². The van der Waals surface area contributed by atoms with Crippen LogP contribution in [0.4, 0.5) is 0 Å². The van der Waals surface area contributed by atoms with Crippen LogP contribution in [0.5, 0.6) is 0 Å². The van der Waals surface area contributed by atoms with Crippen molar-refractivity contribution in [2.45, 2.75) is 13.1 Å². The Balaban J connectivity index is 1.88. The van der Waals surface area contributed by atoms with E-state index >= 15 is 0 Å². The number of fused-ring (bicyclic) bond motifs is 1. The molecule has 0 spiro atoms. The van der Waals surface area contributed by atoms with Gasteiger partial charge in [0.15, 0.2) is 11.2 Å². The minimum absolute atomic E-state index is 0.0787. The second-order valence-electron chi connectivity index (χ2n) is 5.11. The summed E-state index contributed by atoms with van der Waals surface area (Å²) in [6.07, 6.45) is 2.90. The minimum atomic E-state index is -0.487. The van der Waals surface area contributed by atoms with E-state index in [0.29, 0.717) is 5.76 Å². The number of rotatable bonds is 4. The zero-order chi connectivity index (χ0) is 16.6. The summed E-state index contributed by atoms with van der Waals surface area (Å²) in [6.45, 7) is 0.180. The second kappa shape index (κ2) is 5.59. The molecule has 3 rings (SSSR count). The van der Waals surface area contributed by atoms with Crippen molar-refractivity contribution in [3.05, 3.63) is 51.3 Å². The van der Waals surface area contributed by atoms with Crippen LogP contribution in [0.1, 0.15) is 5.76 Å². The van der Waals surface area contributed by atoms with E-state index in [9.17, 15) is 14.4 Å². The lowest BCUT2D eigenvalue weighted by Gasteiger charge is -2.07. The molecule has 9 heteroatoms. The molecule has 3 heterocycles. The number of aryl methyl sites for hydroxylation is 1. The molecule has 120 valence electrons. The number of furan rings is 1. The summed E-state index contributed by atoms with van der Waals surface area (Å²) in [5.41, 5.74) is -0.492. The van der Waals surface area contributed by atoms with E-state index in [1.165, 1.54) is 35.8 Å². The number of nitrogens with one attached hydrogen (secondary N) is 1. The highest BCUT2D eigenvalue weighted by molar-refractivity contribution is 5.78. The summed E-state index contributed by atoms with van der Waals surface area (Å²) in [7, 11) is 2.91. The van der Waals surface area contributed by atoms with Crippen LogP contribution in [0, 0.1) is 0 Å². The summed E-state index contributed by atoms with van der Waals surface area (Å²) < 4.78 is 8.81. The molecular weight excluding hydrogens is 302 g/mol. The Morgan fingerprint density at radius 3 is 2.78 bits per heavy atom. The van der Waals surface area contributed by atoms with Crippen LogP contribution in [0.15, 0.2) is 38.7 Å². The number of carbonyl (C=O) groups excluding carboxylic acids is 1. The molecule has 0 fully saturated rings. The summed E-state index contributed by atoms with van der Waals surface area (Å²) in [5, 5.41) is 2.69. The van der Waals surface area contributed by atoms with Crippen molar-refractivity contribution >= 4 is 17.1 Å². The Hall–Kier alpha value is -3.10. The summed E-state index contributed by atoms with van der Waals surface area (Å²) in [6, 6.07) is 3.48. The fourth-order valence-electron chi connectivity index (χ4n) is 2.33. The van der Waals surface area contributed by atoms with E-state index in [1.807, 2.05) is 0 Å². The molecule has 23 heavy (non-hydrogen) atoms. The molecule has 9 nitrogen and oxygen atoms in total. The van der Waals surface area contributed by atoms with Crippen LogP contribution >= 0.6 is 0 Å². The number of aromatic nitrogens is 4. The maximum atomic E-state index is 12.3. The predicted molar refractivity (Wildman–Crippen MR) is 80.8 cm³/mol. The molecule has 0 bridgehead atoms. The molecule has 0 aliphatic carbocycles. The van der Waals surface area contributed by atoms with Crippen LogP contribution in [-0.2, 0) is 32.0 Å². The van der Waals surface area contributed by atoms with Gasteiger partial charge in [0.2, 0.25) is 5.91 Å². The molecule has 3 aromatic heterocycles. The fourth-order valence-corrected chi connectivity index (χ4v) is 2.33. The van der Waals surface area contributed by atoms with Gasteiger partial charge in [-0.1, -0.05) is 0 Å². The molecule has 0 saturated heterocycles. The molecule has 1 N–H and O–H groups in total. The summed E-state index contributed by atoms with van der Waals surface area (Å²) in [4.78, 5) is 40.2. The monoisotopic (exact) mass is 317 g/mol. The Bertz CT molecular complexity index is 977. The largest absolute Gasteiger partial charge is 0.467 e. The van der Waals surface area contributed by atoms with Crippen LogP contribution < -0.4 is 16.6 Å². The van der Waals surface area contributed by atoms with E-state index in [0.717, 1.165) is 4.57 Å². The maximum absolute atomic E-state index is 12.3. The number of hydrogen-bond acceptors (Lipinski definition) is 5. The van der Waals surface area contributed by atoms with E-state index in [2.05, 4.69) is 10.3 Å². The van der Waals surface area contributed by atoms with Gasteiger partial charge in [0.1, 0.15) is 12.3 Å².